The molecule has 0 aliphatic rings. The second kappa shape index (κ2) is 6.26. The van der Waals surface area contributed by atoms with Gasteiger partial charge in [-0.15, -0.1) is 11.3 Å². The van der Waals surface area contributed by atoms with Crippen LogP contribution in [0.1, 0.15) is 18.2 Å². The number of rotatable bonds is 3. The summed E-state index contributed by atoms with van der Waals surface area (Å²) in [5.74, 6) is 0. The highest BCUT2D eigenvalue weighted by Crippen LogP contribution is 2.28. The topological polar surface area (TPSA) is 58.6 Å². The van der Waals surface area contributed by atoms with Crippen molar-refractivity contribution >= 4 is 22.2 Å². The lowest BCUT2D eigenvalue weighted by Crippen LogP contribution is -2.08. The molecule has 0 bridgehead atoms. The lowest BCUT2D eigenvalue weighted by atomic mass is 10.1. The molecule has 5 heteroatoms. The fourth-order valence-electron chi connectivity index (χ4n) is 2.85. The van der Waals surface area contributed by atoms with E-state index in [4.69, 9.17) is 0 Å². The minimum atomic E-state index is -0.114. The Hall–Kier alpha value is -2.79. The fraction of sp³-hybridized carbons (Fsp3) is 0.150. The fourth-order valence-corrected chi connectivity index (χ4v) is 3.67. The van der Waals surface area contributed by atoms with Crippen molar-refractivity contribution in [2.45, 2.75) is 20.3 Å². The molecule has 0 atom stereocenters. The van der Waals surface area contributed by atoms with Crippen LogP contribution in [0.15, 0.2) is 52.8 Å². The number of H-pyrrole nitrogens is 1. The number of pyridine rings is 2. The number of hydrogen-bond acceptors (Lipinski definition) is 4. The van der Waals surface area contributed by atoms with Crippen LogP contribution in [-0.2, 0) is 6.42 Å². The van der Waals surface area contributed by atoms with Crippen molar-refractivity contribution in [1.29, 1.82) is 0 Å². The van der Waals surface area contributed by atoms with Crippen molar-refractivity contribution in [3.05, 3.63) is 69.6 Å². The van der Waals surface area contributed by atoms with Crippen molar-refractivity contribution in [2.75, 3.05) is 0 Å². The van der Waals surface area contributed by atoms with Crippen molar-refractivity contribution in [3.63, 3.8) is 0 Å². The molecule has 0 saturated heterocycles. The summed E-state index contributed by atoms with van der Waals surface area (Å²) < 4.78 is 0. The number of aryl methyl sites for hydroxylation is 2. The summed E-state index contributed by atoms with van der Waals surface area (Å²) in [5.41, 5.74) is 5.27. The van der Waals surface area contributed by atoms with Gasteiger partial charge in [-0.05, 0) is 49.1 Å². The summed E-state index contributed by atoms with van der Waals surface area (Å²) in [4.78, 5) is 24.4. The lowest BCUT2D eigenvalue weighted by molar-refractivity contribution is 1.04. The van der Waals surface area contributed by atoms with E-state index in [-0.39, 0.29) is 5.56 Å². The molecule has 4 nitrogen and oxygen atoms in total. The predicted octanol–water partition coefficient (Wildman–Crippen LogP) is 4.58. The monoisotopic (exact) mass is 347 g/mol. The first-order valence-corrected chi connectivity index (χ1v) is 9.07. The second-order valence-electron chi connectivity index (χ2n) is 6.03. The second-order valence-corrected chi connectivity index (χ2v) is 6.89. The van der Waals surface area contributed by atoms with E-state index in [0.29, 0.717) is 11.3 Å². The van der Waals surface area contributed by atoms with E-state index in [1.54, 1.807) is 17.5 Å². The molecule has 1 N–H and O–H groups in total. The molecule has 4 rings (SSSR count). The standard InChI is InChI=1S/C20H17N3OS/c1-3-15-9-13(6-7-21-15)20-23-18(11-25-20)16-10-14-8-12(2)4-5-17(14)22-19(16)24/h4-11H,3H2,1-2H3,(H,22,24). The van der Waals surface area contributed by atoms with Gasteiger partial charge in [0.2, 0.25) is 0 Å². The molecule has 0 saturated carbocycles. The van der Waals surface area contributed by atoms with Gasteiger partial charge < -0.3 is 4.98 Å². The Morgan fingerprint density at radius 1 is 1.16 bits per heavy atom. The van der Waals surface area contributed by atoms with Crippen LogP contribution in [-0.4, -0.2) is 15.0 Å². The van der Waals surface area contributed by atoms with Crippen molar-refractivity contribution < 1.29 is 0 Å². The van der Waals surface area contributed by atoms with Gasteiger partial charge in [-0.3, -0.25) is 9.78 Å². The van der Waals surface area contributed by atoms with Gasteiger partial charge in [0.15, 0.2) is 0 Å². The number of nitrogens with zero attached hydrogens (tertiary/aromatic N) is 2. The molecule has 0 radical (unpaired) electrons. The van der Waals surface area contributed by atoms with Crippen LogP contribution in [0.25, 0.3) is 32.7 Å². The number of benzene rings is 1. The van der Waals surface area contributed by atoms with Crippen LogP contribution < -0.4 is 5.56 Å². The van der Waals surface area contributed by atoms with Crippen molar-refractivity contribution in [2.24, 2.45) is 0 Å². The Morgan fingerprint density at radius 3 is 2.88 bits per heavy atom. The molecule has 0 aliphatic carbocycles. The Bertz CT molecular complexity index is 1130. The minimum absolute atomic E-state index is 0.114. The molecule has 0 amide bonds. The van der Waals surface area contributed by atoms with E-state index in [1.165, 1.54) is 0 Å². The van der Waals surface area contributed by atoms with Gasteiger partial charge in [0.1, 0.15) is 5.01 Å². The summed E-state index contributed by atoms with van der Waals surface area (Å²) in [6.45, 7) is 4.12. The van der Waals surface area contributed by atoms with E-state index < -0.39 is 0 Å². The highest BCUT2D eigenvalue weighted by molar-refractivity contribution is 7.13. The van der Waals surface area contributed by atoms with Crippen LogP contribution in [0.4, 0.5) is 0 Å². The van der Waals surface area contributed by atoms with E-state index in [9.17, 15) is 4.79 Å². The number of hydrogen-bond donors (Lipinski definition) is 1. The van der Waals surface area contributed by atoms with Crippen molar-refractivity contribution in [1.82, 2.24) is 15.0 Å². The minimum Gasteiger partial charge on any atom is -0.321 e. The molecule has 124 valence electrons. The molecule has 0 aliphatic heterocycles. The van der Waals surface area contributed by atoms with Crippen LogP contribution in [0, 0.1) is 6.92 Å². The van der Waals surface area contributed by atoms with E-state index >= 15 is 0 Å². The Balaban J connectivity index is 1.80. The molecule has 0 fully saturated rings. The maximum Gasteiger partial charge on any atom is 0.257 e. The highest BCUT2D eigenvalue weighted by atomic mass is 32.1. The van der Waals surface area contributed by atoms with Gasteiger partial charge in [0.25, 0.3) is 5.56 Å². The first kappa shape index (κ1) is 15.7. The van der Waals surface area contributed by atoms with Crippen molar-refractivity contribution in [3.8, 4) is 21.8 Å². The van der Waals surface area contributed by atoms with Gasteiger partial charge in [0.05, 0.1) is 11.3 Å². The van der Waals surface area contributed by atoms with E-state index in [1.807, 2.05) is 36.6 Å². The quantitative estimate of drug-likeness (QED) is 0.590. The Kier molecular flexibility index (Phi) is 3.93. The Labute approximate surface area is 149 Å². The average Bonchev–Trinajstić information content (AvgIpc) is 3.11. The van der Waals surface area contributed by atoms with Crippen LogP contribution in [0.5, 0.6) is 0 Å². The van der Waals surface area contributed by atoms with E-state index in [2.05, 4.69) is 34.0 Å². The maximum absolute atomic E-state index is 12.5. The average molecular weight is 347 g/mol. The number of fused-ring (bicyclic) bond motifs is 1. The number of thiazole rings is 1. The number of aromatic amines is 1. The first-order chi connectivity index (χ1) is 12.1. The molecular weight excluding hydrogens is 330 g/mol. The van der Waals surface area contributed by atoms with Gasteiger partial charge in [-0.25, -0.2) is 4.98 Å². The van der Waals surface area contributed by atoms with E-state index in [0.717, 1.165) is 39.2 Å². The van der Waals surface area contributed by atoms with Gasteiger partial charge >= 0.3 is 0 Å². The third kappa shape index (κ3) is 2.98. The largest absolute Gasteiger partial charge is 0.321 e. The summed E-state index contributed by atoms with van der Waals surface area (Å²) in [5, 5.41) is 3.85. The molecule has 3 aromatic heterocycles. The smallest absolute Gasteiger partial charge is 0.257 e. The Morgan fingerprint density at radius 2 is 2.04 bits per heavy atom. The van der Waals surface area contributed by atoms with Gasteiger partial charge in [0, 0.05) is 28.4 Å². The molecule has 0 unspecified atom stereocenters. The first-order valence-electron chi connectivity index (χ1n) is 8.19. The third-order valence-electron chi connectivity index (χ3n) is 4.21. The summed E-state index contributed by atoms with van der Waals surface area (Å²) in [7, 11) is 0. The molecule has 0 spiro atoms. The maximum atomic E-state index is 12.5. The zero-order chi connectivity index (χ0) is 17.4. The van der Waals surface area contributed by atoms with Gasteiger partial charge in [-0.1, -0.05) is 18.6 Å². The molecule has 3 heterocycles. The SMILES string of the molecule is CCc1cc(-c2nc(-c3cc4cc(C)ccc4[nH]c3=O)cs2)ccn1. The predicted molar refractivity (Wildman–Crippen MR) is 103 cm³/mol. The highest BCUT2D eigenvalue weighted by Gasteiger charge is 2.11. The molecular formula is C20H17N3OS. The summed E-state index contributed by atoms with van der Waals surface area (Å²) >= 11 is 1.54. The van der Waals surface area contributed by atoms with Crippen LogP contribution in [0.3, 0.4) is 0 Å². The zero-order valence-electron chi connectivity index (χ0n) is 14.0. The normalized spacial score (nSPS) is 11.1. The van der Waals surface area contributed by atoms with Crippen LogP contribution >= 0.6 is 11.3 Å². The molecule has 25 heavy (non-hydrogen) atoms. The summed E-state index contributed by atoms with van der Waals surface area (Å²) in [6, 6.07) is 11.9. The lowest BCUT2D eigenvalue weighted by Gasteiger charge is -2.02. The number of nitrogens with one attached hydrogen (secondary N) is 1. The van der Waals surface area contributed by atoms with Gasteiger partial charge in [-0.2, -0.15) is 0 Å². The molecule has 4 aromatic rings. The van der Waals surface area contributed by atoms with Crippen LogP contribution in [0.2, 0.25) is 0 Å². The third-order valence-corrected chi connectivity index (χ3v) is 5.10. The zero-order valence-corrected chi connectivity index (χ0v) is 14.9. The summed E-state index contributed by atoms with van der Waals surface area (Å²) in [6.07, 6.45) is 2.69. The number of aromatic nitrogens is 3. The molecule has 1 aromatic carbocycles.